The molecule has 0 aliphatic rings. The standard InChI is InChI=1S/C77H136O6/c1-4-7-10-13-16-19-22-24-26-28-30-31-32-33-34-35-36-37-38-39-40-41-42-43-44-45-47-48-50-52-55-58-61-64-67-70-76(79)82-73-74(72-81-75(78)69-66-63-60-57-54-21-18-15-12-9-6-3)83-77(80)71-68-65-62-59-56-53-51-49-46-29-27-25-23-20-17-14-11-8-5-2/h8,11,15,17-18,20,25,27,46,49,53,56,62,65,74H,4-7,9-10,12-14,16,19,21-24,26,28-45,47-48,50-52,54-55,57-61,63-64,66-73H2,1-3H3/b11-8-,18-15-,20-17-,27-25-,49-46-,56-53-,65-62-. The molecule has 0 aromatic rings. The van der Waals surface area contributed by atoms with Gasteiger partial charge >= 0.3 is 17.9 Å². The molecule has 0 amide bonds. The first-order chi connectivity index (χ1) is 41.0. The maximum absolute atomic E-state index is 12.9. The van der Waals surface area contributed by atoms with E-state index in [1.165, 1.54) is 231 Å². The van der Waals surface area contributed by atoms with Gasteiger partial charge in [0.2, 0.25) is 0 Å². The van der Waals surface area contributed by atoms with Gasteiger partial charge in [0.1, 0.15) is 13.2 Å². The summed E-state index contributed by atoms with van der Waals surface area (Å²) in [4.78, 5) is 38.3. The van der Waals surface area contributed by atoms with Crippen LogP contribution < -0.4 is 0 Å². The smallest absolute Gasteiger partial charge is 0.306 e. The minimum absolute atomic E-state index is 0.107. The molecule has 0 fully saturated rings. The van der Waals surface area contributed by atoms with Crippen LogP contribution in [0.4, 0.5) is 0 Å². The number of unbranched alkanes of at least 4 members (excludes halogenated alkanes) is 41. The van der Waals surface area contributed by atoms with Crippen molar-refractivity contribution < 1.29 is 28.6 Å². The van der Waals surface area contributed by atoms with Crippen LogP contribution >= 0.6 is 0 Å². The predicted molar refractivity (Wildman–Crippen MR) is 362 cm³/mol. The molecule has 1 unspecified atom stereocenters. The second-order valence-electron chi connectivity index (χ2n) is 24.1. The third-order valence-corrected chi connectivity index (χ3v) is 15.9. The van der Waals surface area contributed by atoms with Gasteiger partial charge in [0.15, 0.2) is 6.10 Å². The van der Waals surface area contributed by atoms with Gasteiger partial charge in [-0.1, -0.05) is 356 Å². The highest BCUT2D eigenvalue weighted by atomic mass is 16.6. The quantitative estimate of drug-likeness (QED) is 0.0261. The Balaban J connectivity index is 4.12. The topological polar surface area (TPSA) is 78.9 Å². The Hall–Kier alpha value is -3.41. The van der Waals surface area contributed by atoms with Crippen molar-refractivity contribution in [1.29, 1.82) is 0 Å². The summed E-state index contributed by atoms with van der Waals surface area (Å²) >= 11 is 0. The molecule has 6 nitrogen and oxygen atoms in total. The van der Waals surface area contributed by atoms with Crippen molar-refractivity contribution in [3.05, 3.63) is 85.1 Å². The van der Waals surface area contributed by atoms with Gasteiger partial charge in [-0.3, -0.25) is 14.4 Å². The van der Waals surface area contributed by atoms with E-state index < -0.39 is 12.1 Å². The third kappa shape index (κ3) is 69.3. The average Bonchev–Trinajstić information content (AvgIpc) is 3.48. The molecule has 0 aliphatic heterocycles. The van der Waals surface area contributed by atoms with Gasteiger partial charge in [0.25, 0.3) is 0 Å². The summed E-state index contributed by atoms with van der Waals surface area (Å²) in [7, 11) is 0. The van der Waals surface area contributed by atoms with E-state index in [4.69, 9.17) is 14.2 Å². The fourth-order valence-electron chi connectivity index (χ4n) is 10.5. The Morgan fingerprint density at radius 1 is 0.253 bits per heavy atom. The van der Waals surface area contributed by atoms with E-state index in [0.717, 1.165) is 89.9 Å². The molecule has 0 spiro atoms. The molecule has 0 heterocycles. The highest BCUT2D eigenvalue weighted by molar-refractivity contribution is 5.71. The summed E-state index contributed by atoms with van der Waals surface area (Å²) < 4.78 is 16.8. The number of hydrogen-bond acceptors (Lipinski definition) is 6. The Morgan fingerprint density at radius 3 is 0.819 bits per heavy atom. The summed E-state index contributed by atoms with van der Waals surface area (Å²) in [6.45, 7) is 6.46. The van der Waals surface area contributed by atoms with Crippen molar-refractivity contribution in [2.45, 2.75) is 374 Å². The maximum atomic E-state index is 12.9. The normalized spacial score (nSPS) is 12.6. The van der Waals surface area contributed by atoms with E-state index in [-0.39, 0.29) is 31.6 Å². The minimum Gasteiger partial charge on any atom is -0.462 e. The summed E-state index contributed by atoms with van der Waals surface area (Å²) in [5, 5.41) is 0. The number of ether oxygens (including phenoxy) is 3. The fourth-order valence-corrected chi connectivity index (χ4v) is 10.5. The first kappa shape index (κ1) is 79.6. The lowest BCUT2D eigenvalue weighted by atomic mass is 10.0. The largest absolute Gasteiger partial charge is 0.462 e. The van der Waals surface area contributed by atoms with E-state index in [1.807, 2.05) is 6.08 Å². The van der Waals surface area contributed by atoms with Crippen LogP contribution in [0.25, 0.3) is 0 Å². The molecular formula is C77H136O6. The molecule has 0 radical (unpaired) electrons. The molecule has 0 rings (SSSR count). The van der Waals surface area contributed by atoms with Gasteiger partial charge in [-0.15, -0.1) is 0 Å². The van der Waals surface area contributed by atoms with Crippen LogP contribution in [0.2, 0.25) is 0 Å². The van der Waals surface area contributed by atoms with Gasteiger partial charge < -0.3 is 14.2 Å². The van der Waals surface area contributed by atoms with Gasteiger partial charge in [0.05, 0.1) is 0 Å². The van der Waals surface area contributed by atoms with E-state index in [0.29, 0.717) is 19.3 Å². The predicted octanol–water partition coefficient (Wildman–Crippen LogP) is 25.0. The summed E-state index contributed by atoms with van der Waals surface area (Å²) in [6, 6.07) is 0. The van der Waals surface area contributed by atoms with Crippen LogP contribution in [-0.4, -0.2) is 37.2 Å². The number of carbonyl (C=O) groups is 3. The van der Waals surface area contributed by atoms with Crippen LogP contribution in [0, 0.1) is 0 Å². The fraction of sp³-hybridized carbons (Fsp3) is 0.779. The number of esters is 3. The molecule has 0 saturated heterocycles. The van der Waals surface area contributed by atoms with Crippen molar-refractivity contribution >= 4 is 17.9 Å². The highest BCUT2D eigenvalue weighted by Gasteiger charge is 2.19. The van der Waals surface area contributed by atoms with E-state index in [9.17, 15) is 14.4 Å². The van der Waals surface area contributed by atoms with Gasteiger partial charge in [-0.05, 0) is 77.0 Å². The maximum Gasteiger partial charge on any atom is 0.306 e. The Morgan fingerprint density at radius 2 is 0.506 bits per heavy atom. The van der Waals surface area contributed by atoms with E-state index in [2.05, 4.69) is 99.8 Å². The lowest BCUT2D eigenvalue weighted by Gasteiger charge is -2.18. The van der Waals surface area contributed by atoms with E-state index >= 15 is 0 Å². The summed E-state index contributed by atoms with van der Waals surface area (Å²) in [5.41, 5.74) is 0. The third-order valence-electron chi connectivity index (χ3n) is 15.9. The average molecular weight is 1160 g/mol. The zero-order chi connectivity index (χ0) is 59.9. The molecule has 83 heavy (non-hydrogen) atoms. The van der Waals surface area contributed by atoms with Crippen LogP contribution in [0.15, 0.2) is 85.1 Å². The molecule has 1 atom stereocenters. The molecule has 0 aromatic heterocycles. The lowest BCUT2D eigenvalue weighted by molar-refractivity contribution is -0.166. The summed E-state index contributed by atoms with van der Waals surface area (Å²) in [6.07, 6.45) is 95.3. The Labute approximate surface area is 515 Å². The second kappa shape index (κ2) is 71.1. The minimum atomic E-state index is -0.820. The van der Waals surface area contributed by atoms with E-state index in [1.54, 1.807) is 0 Å². The molecule has 0 aromatic carbocycles. The van der Waals surface area contributed by atoms with Crippen molar-refractivity contribution in [3.63, 3.8) is 0 Å². The van der Waals surface area contributed by atoms with Crippen LogP contribution in [-0.2, 0) is 28.6 Å². The molecule has 0 saturated carbocycles. The zero-order valence-electron chi connectivity index (χ0n) is 55.2. The van der Waals surface area contributed by atoms with Crippen molar-refractivity contribution in [2.75, 3.05) is 13.2 Å². The molecule has 0 bridgehead atoms. The molecular weight excluding hydrogens is 1020 g/mol. The van der Waals surface area contributed by atoms with Crippen molar-refractivity contribution in [1.82, 2.24) is 0 Å². The molecule has 0 N–H and O–H groups in total. The second-order valence-corrected chi connectivity index (χ2v) is 24.1. The first-order valence-corrected chi connectivity index (χ1v) is 36.1. The van der Waals surface area contributed by atoms with Crippen LogP contribution in [0.3, 0.4) is 0 Å². The molecule has 480 valence electrons. The number of allylic oxidation sites excluding steroid dienone is 14. The number of carbonyl (C=O) groups excluding carboxylic acids is 3. The van der Waals surface area contributed by atoms with Crippen molar-refractivity contribution in [3.8, 4) is 0 Å². The Bertz CT molecular complexity index is 1570. The van der Waals surface area contributed by atoms with Crippen LogP contribution in [0.1, 0.15) is 367 Å². The SMILES string of the molecule is CC/C=C\C/C=C\C/C=C\C/C=C\C/C=C\C/C=C\CCC(=O)OC(COC(=O)CCCCCCC/C=C\CCCC)COC(=O)CCCCCCCCCCCCCCCCCCCCCCCCCCCCCCCCCCCCC. The lowest BCUT2D eigenvalue weighted by Crippen LogP contribution is -2.30. The molecule has 6 heteroatoms. The highest BCUT2D eigenvalue weighted by Crippen LogP contribution is 2.18. The summed E-state index contributed by atoms with van der Waals surface area (Å²) in [5.74, 6) is -0.989. The zero-order valence-corrected chi connectivity index (χ0v) is 55.2. The van der Waals surface area contributed by atoms with Gasteiger partial charge in [-0.25, -0.2) is 0 Å². The Kier molecular flexibility index (Phi) is 68.2. The number of hydrogen-bond donors (Lipinski definition) is 0. The van der Waals surface area contributed by atoms with Crippen molar-refractivity contribution in [2.24, 2.45) is 0 Å². The first-order valence-electron chi connectivity index (χ1n) is 36.1. The molecule has 0 aliphatic carbocycles. The van der Waals surface area contributed by atoms with Crippen LogP contribution in [0.5, 0.6) is 0 Å². The van der Waals surface area contributed by atoms with Gasteiger partial charge in [-0.2, -0.15) is 0 Å². The monoisotopic (exact) mass is 1160 g/mol. The van der Waals surface area contributed by atoms with Gasteiger partial charge in [0, 0.05) is 19.3 Å². The number of rotatable bonds is 66.